The van der Waals surface area contributed by atoms with E-state index in [0.29, 0.717) is 22.6 Å². The Balaban J connectivity index is 1.48. The first-order valence-corrected chi connectivity index (χ1v) is 11.2. The quantitative estimate of drug-likeness (QED) is 0.608. The monoisotopic (exact) mass is 452 g/mol. The highest BCUT2D eigenvalue weighted by Crippen LogP contribution is 2.33. The molecule has 0 aliphatic carbocycles. The fourth-order valence-corrected chi connectivity index (χ4v) is 4.20. The molecule has 0 saturated carbocycles. The molecule has 0 atom stereocenters. The number of aromatic nitrogens is 2. The molecule has 0 unspecified atom stereocenters. The second kappa shape index (κ2) is 8.04. The number of fused-ring (bicyclic) bond motifs is 1. The van der Waals surface area contributed by atoms with E-state index in [0.717, 1.165) is 0 Å². The van der Waals surface area contributed by atoms with Crippen molar-refractivity contribution in [2.45, 2.75) is 30.8 Å². The minimum absolute atomic E-state index is 0.0120. The summed E-state index contributed by atoms with van der Waals surface area (Å²) in [6.07, 6.45) is 3.07. The number of nitrogens with zero attached hydrogens (tertiary/aromatic N) is 2. The van der Waals surface area contributed by atoms with Crippen LogP contribution >= 0.6 is 0 Å². The zero-order valence-corrected chi connectivity index (χ0v) is 18.1. The van der Waals surface area contributed by atoms with Crippen LogP contribution < -0.4 is 14.8 Å². The van der Waals surface area contributed by atoms with Gasteiger partial charge in [0.15, 0.2) is 5.78 Å². The molecule has 0 bridgehead atoms. The van der Waals surface area contributed by atoms with Crippen LogP contribution in [0.15, 0.2) is 65.8 Å². The second-order valence-corrected chi connectivity index (χ2v) is 9.51. The van der Waals surface area contributed by atoms with E-state index in [1.165, 1.54) is 42.7 Å². The molecular formula is C22H20N4O5S. The van der Waals surface area contributed by atoms with E-state index in [1.807, 2.05) is 13.8 Å². The van der Waals surface area contributed by atoms with E-state index < -0.39 is 21.5 Å². The first-order chi connectivity index (χ1) is 15.1. The lowest BCUT2D eigenvalue weighted by Crippen LogP contribution is -2.36. The number of Topliss-reactive ketones (excluding diaryl/α,β-unsaturated/α-hetero) is 1. The molecule has 1 aliphatic heterocycles. The molecule has 164 valence electrons. The van der Waals surface area contributed by atoms with Crippen LogP contribution in [0.2, 0.25) is 0 Å². The lowest BCUT2D eigenvalue weighted by molar-refractivity contribution is 0.0620. The topological polar surface area (TPSA) is 127 Å². The number of hydrogen-bond acceptors (Lipinski definition) is 7. The average molecular weight is 452 g/mol. The van der Waals surface area contributed by atoms with Crippen molar-refractivity contribution in [3.8, 4) is 5.75 Å². The maximum absolute atomic E-state index is 12.6. The van der Waals surface area contributed by atoms with Gasteiger partial charge in [0.05, 0.1) is 16.9 Å². The maximum Gasteiger partial charge on any atom is 0.264 e. The third kappa shape index (κ3) is 4.59. The van der Waals surface area contributed by atoms with E-state index in [9.17, 15) is 18.0 Å². The summed E-state index contributed by atoms with van der Waals surface area (Å²) in [6.45, 7) is 3.67. The number of benzene rings is 2. The van der Waals surface area contributed by atoms with Crippen LogP contribution in [-0.2, 0) is 10.0 Å². The van der Waals surface area contributed by atoms with Crippen LogP contribution in [0.25, 0.3) is 0 Å². The Hall–Kier alpha value is -3.79. The number of carbonyl (C=O) groups is 2. The van der Waals surface area contributed by atoms with Crippen molar-refractivity contribution >= 4 is 33.3 Å². The Bertz CT molecular complexity index is 1290. The van der Waals surface area contributed by atoms with Crippen LogP contribution in [0.5, 0.6) is 5.75 Å². The Labute approximate surface area is 184 Å². The Morgan fingerprint density at radius 1 is 1.06 bits per heavy atom. The molecule has 10 heteroatoms. The Morgan fingerprint density at radius 2 is 1.75 bits per heavy atom. The van der Waals surface area contributed by atoms with Gasteiger partial charge in [-0.2, -0.15) is 0 Å². The van der Waals surface area contributed by atoms with Crippen molar-refractivity contribution in [1.82, 2.24) is 9.97 Å². The number of sulfonamides is 1. The lowest BCUT2D eigenvalue weighted by atomic mass is 9.92. The number of amides is 1. The van der Waals surface area contributed by atoms with Gasteiger partial charge in [0.25, 0.3) is 15.9 Å². The predicted octanol–water partition coefficient (Wildman–Crippen LogP) is 3.27. The van der Waals surface area contributed by atoms with Gasteiger partial charge in [-0.05, 0) is 62.4 Å². The fourth-order valence-electron chi connectivity index (χ4n) is 3.25. The smallest absolute Gasteiger partial charge is 0.264 e. The van der Waals surface area contributed by atoms with Crippen LogP contribution in [0.4, 0.5) is 11.6 Å². The molecule has 2 N–H and O–H groups in total. The van der Waals surface area contributed by atoms with Gasteiger partial charge in [0, 0.05) is 23.6 Å². The molecule has 0 saturated heterocycles. The summed E-state index contributed by atoms with van der Waals surface area (Å²) in [5.74, 6) is -0.112. The molecule has 4 rings (SSSR count). The van der Waals surface area contributed by atoms with Crippen molar-refractivity contribution in [2.24, 2.45) is 0 Å². The summed E-state index contributed by atoms with van der Waals surface area (Å²) in [7, 11) is -3.88. The van der Waals surface area contributed by atoms with Crippen molar-refractivity contribution < 1.29 is 22.7 Å². The van der Waals surface area contributed by atoms with E-state index in [1.54, 1.807) is 18.2 Å². The van der Waals surface area contributed by atoms with Gasteiger partial charge in [-0.15, -0.1) is 0 Å². The van der Waals surface area contributed by atoms with Crippen molar-refractivity contribution in [1.29, 1.82) is 0 Å². The fraction of sp³-hybridized carbons (Fsp3) is 0.182. The Morgan fingerprint density at radius 3 is 2.44 bits per heavy atom. The number of carbonyl (C=O) groups excluding carboxylic acids is 2. The minimum atomic E-state index is -3.88. The van der Waals surface area contributed by atoms with E-state index in [-0.39, 0.29) is 23.0 Å². The van der Waals surface area contributed by atoms with Crippen LogP contribution in [-0.4, -0.2) is 35.7 Å². The molecule has 1 amide bonds. The third-order valence-corrected chi connectivity index (χ3v) is 6.07. The molecular weight excluding hydrogens is 432 g/mol. The number of hydrogen-bond donors (Lipinski definition) is 2. The van der Waals surface area contributed by atoms with Gasteiger partial charge in [-0.1, -0.05) is 0 Å². The molecule has 0 radical (unpaired) electrons. The molecule has 1 aliphatic rings. The van der Waals surface area contributed by atoms with Crippen molar-refractivity contribution in [3.05, 3.63) is 72.1 Å². The zero-order valence-electron chi connectivity index (χ0n) is 17.3. The van der Waals surface area contributed by atoms with Crippen molar-refractivity contribution in [2.75, 3.05) is 10.0 Å². The molecule has 2 aromatic carbocycles. The molecule has 1 aromatic heterocycles. The number of ether oxygens (including phenoxy) is 1. The van der Waals surface area contributed by atoms with Crippen molar-refractivity contribution in [3.63, 3.8) is 0 Å². The van der Waals surface area contributed by atoms with Gasteiger partial charge < -0.3 is 10.1 Å². The maximum atomic E-state index is 12.6. The SMILES string of the molecule is CC1(C)CC(=O)c2cc(C(=O)Nc3ccc(S(=O)(=O)Nc4ncccn4)cc3)ccc2O1. The highest BCUT2D eigenvalue weighted by atomic mass is 32.2. The number of nitrogens with one attached hydrogen (secondary N) is 2. The largest absolute Gasteiger partial charge is 0.487 e. The summed E-state index contributed by atoms with van der Waals surface area (Å²) < 4.78 is 33.0. The standard InChI is InChI=1S/C22H20N4O5S/c1-22(2)13-18(27)17-12-14(4-9-19(17)31-22)20(28)25-15-5-7-16(8-6-15)32(29,30)26-21-23-10-3-11-24-21/h3-12H,13H2,1-2H3,(H,25,28)(H,23,24,26). The molecule has 2 heterocycles. The number of anilines is 2. The summed E-state index contributed by atoms with van der Waals surface area (Å²) in [5, 5.41) is 2.69. The molecule has 0 fully saturated rings. The van der Waals surface area contributed by atoms with Gasteiger partial charge in [0.1, 0.15) is 11.4 Å². The number of rotatable bonds is 5. The Kier molecular flexibility index (Phi) is 5.39. The van der Waals surface area contributed by atoms with Gasteiger partial charge >= 0.3 is 0 Å². The summed E-state index contributed by atoms with van der Waals surface area (Å²) in [6, 6.07) is 11.9. The summed E-state index contributed by atoms with van der Waals surface area (Å²) >= 11 is 0. The average Bonchev–Trinajstić information content (AvgIpc) is 2.73. The molecule has 0 spiro atoms. The summed E-state index contributed by atoms with van der Waals surface area (Å²) in [5.41, 5.74) is 0.469. The van der Waals surface area contributed by atoms with Gasteiger partial charge in [-0.3, -0.25) is 9.59 Å². The first-order valence-electron chi connectivity index (χ1n) is 9.70. The van der Waals surface area contributed by atoms with E-state index in [2.05, 4.69) is 20.0 Å². The van der Waals surface area contributed by atoms with Gasteiger partial charge in [-0.25, -0.2) is 23.1 Å². The zero-order chi connectivity index (χ0) is 22.9. The molecule has 9 nitrogen and oxygen atoms in total. The second-order valence-electron chi connectivity index (χ2n) is 7.83. The van der Waals surface area contributed by atoms with Crippen LogP contribution in [0.1, 0.15) is 41.0 Å². The highest BCUT2D eigenvalue weighted by molar-refractivity contribution is 7.92. The third-order valence-electron chi connectivity index (χ3n) is 4.73. The van der Waals surface area contributed by atoms with E-state index >= 15 is 0 Å². The number of ketones is 1. The first kappa shape index (κ1) is 21.4. The highest BCUT2D eigenvalue weighted by Gasteiger charge is 2.32. The predicted molar refractivity (Wildman–Crippen MR) is 117 cm³/mol. The van der Waals surface area contributed by atoms with E-state index in [4.69, 9.17) is 4.74 Å². The van der Waals surface area contributed by atoms with Gasteiger partial charge in [0.2, 0.25) is 5.95 Å². The normalized spacial score (nSPS) is 14.8. The van der Waals surface area contributed by atoms with Crippen LogP contribution in [0.3, 0.4) is 0 Å². The van der Waals surface area contributed by atoms with Crippen LogP contribution in [0, 0.1) is 0 Å². The summed E-state index contributed by atoms with van der Waals surface area (Å²) in [4.78, 5) is 32.7. The molecule has 3 aromatic rings. The molecule has 32 heavy (non-hydrogen) atoms. The minimum Gasteiger partial charge on any atom is -0.487 e. The lowest BCUT2D eigenvalue weighted by Gasteiger charge is -2.31.